The number of benzene rings is 1. The lowest BCUT2D eigenvalue weighted by Crippen LogP contribution is -2.43. The lowest BCUT2D eigenvalue weighted by molar-refractivity contribution is 0.116. The summed E-state index contributed by atoms with van der Waals surface area (Å²) in [6.07, 6.45) is 0. The molecule has 19 heavy (non-hydrogen) atoms. The Morgan fingerprint density at radius 2 is 2.05 bits per heavy atom. The van der Waals surface area contributed by atoms with Crippen LogP contribution in [0.3, 0.4) is 0 Å². The quantitative estimate of drug-likeness (QED) is 0.862. The predicted molar refractivity (Wildman–Crippen MR) is 71.5 cm³/mol. The maximum Gasteiger partial charge on any atom is 0.223 e. The first-order valence-corrected chi connectivity index (χ1v) is 6.23. The van der Waals surface area contributed by atoms with Gasteiger partial charge in [-0.3, -0.25) is 5.32 Å². The molecule has 1 atom stereocenters. The molecule has 5 nitrogen and oxygen atoms in total. The molecular weight excluding hydrogens is 242 g/mol. The van der Waals surface area contributed by atoms with E-state index in [0.717, 1.165) is 5.56 Å². The maximum atomic E-state index is 5.33. The molecule has 0 bridgehead atoms. The average Bonchev–Trinajstić information content (AvgIpc) is 2.84. The van der Waals surface area contributed by atoms with Crippen molar-refractivity contribution in [2.24, 2.45) is 0 Å². The third-order valence-corrected chi connectivity index (χ3v) is 3.05. The SMILES string of the molecule is COCC(C)(NCc1noc(C)n1)c1ccccc1. The Kier molecular flexibility index (Phi) is 4.29. The third-order valence-electron chi connectivity index (χ3n) is 3.05. The van der Waals surface area contributed by atoms with Crippen LogP contribution in [0.25, 0.3) is 0 Å². The van der Waals surface area contributed by atoms with Crippen LogP contribution in [0.2, 0.25) is 0 Å². The fraction of sp³-hybridized carbons (Fsp3) is 0.429. The summed E-state index contributed by atoms with van der Waals surface area (Å²) in [5, 5.41) is 7.32. The van der Waals surface area contributed by atoms with E-state index in [1.54, 1.807) is 14.0 Å². The molecule has 0 amide bonds. The zero-order valence-electron chi connectivity index (χ0n) is 11.5. The van der Waals surface area contributed by atoms with Crippen molar-refractivity contribution in [3.05, 3.63) is 47.6 Å². The molecule has 0 aliphatic heterocycles. The minimum atomic E-state index is -0.287. The molecule has 0 fully saturated rings. The van der Waals surface area contributed by atoms with E-state index in [9.17, 15) is 0 Å². The van der Waals surface area contributed by atoms with Crippen molar-refractivity contribution < 1.29 is 9.26 Å². The number of hydrogen-bond acceptors (Lipinski definition) is 5. The molecule has 2 aromatic rings. The van der Waals surface area contributed by atoms with E-state index in [-0.39, 0.29) is 5.54 Å². The molecule has 1 unspecified atom stereocenters. The van der Waals surface area contributed by atoms with E-state index >= 15 is 0 Å². The van der Waals surface area contributed by atoms with Gasteiger partial charge in [-0.15, -0.1) is 0 Å². The number of nitrogens with one attached hydrogen (secondary N) is 1. The molecule has 0 spiro atoms. The third kappa shape index (κ3) is 3.39. The second-order valence-corrected chi connectivity index (χ2v) is 4.71. The van der Waals surface area contributed by atoms with Gasteiger partial charge in [0.2, 0.25) is 5.89 Å². The molecular formula is C14H19N3O2. The van der Waals surface area contributed by atoms with E-state index in [4.69, 9.17) is 9.26 Å². The number of ether oxygens (including phenoxy) is 1. The highest BCUT2D eigenvalue weighted by Crippen LogP contribution is 2.21. The van der Waals surface area contributed by atoms with E-state index in [2.05, 4.69) is 34.5 Å². The fourth-order valence-electron chi connectivity index (χ4n) is 2.02. The fourth-order valence-corrected chi connectivity index (χ4v) is 2.02. The monoisotopic (exact) mass is 261 g/mol. The second kappa shape index (κ2) is 5.95. The van der Waals surface area contributed by atoms with Crippen LogP contribution in [0, 0.1) is 6.92 Å². The molecule has 0 saturated heterocycles. The van der Waals surface area contributed by atoms with Crippen molar-refractivity contribution in [2.75, 3.05) is 13.7 Å². The summed E-state index contributed by atoms with van der Waals surface area (Å²) < 4.78 is 10.3. The summed E-state index contributed by atoms with van der Waals surface area (Å²) in [6, 6.07) is 10.2. The van der Waals surface area contributed by atoms with Crippen LogP contribution in [-0.4, -0.2) is 23.9 Å². The minimum Gasteiger partial charge on any atom is -0.382 e. The van der Waals surface area contributed by atoms with Gasteiger partial charge in [-0.2, -0.15) is 4.98 Å². The van der Waals surface area contributed by atoms with Gasteiger partial charge in [0, 0.05) is 14.0 Å². The van der Waals surface area contributed by atoms with E-state index < -0.39 is 0 Å². The van der Waals surface area contributed by atoms with Crippen LogP contribution in [0.5, 0.6) is 0 Å². The van der Waals surface area contributed by atoms with Crippen LogP contribution in [0.4, 0.5) is 0 Å². The van der Waals surface area contributed by atoms with Crippen LogP contribution in [0.15, 0.2) is 34.9 Å². The zero-order chi connectivity index (χ0) is 13.7. The average molecular weight is 261 g/mol. The van der Waals surface area contributed by atoms with Crippen molar-refractivity contribution in [2.45, 2.75) is 25.9 Å². The van der Waals surface area contributed by atoms with Gasteiger partial charge in [0.15, 0.2) is 5.82 Å². The summed E-state index contributed by atoms with van der Waals surface area (Å²) in [6.45, 7) is 4.97. The summed E-state index contributed by atoms with van der Waals surface area (Å²) in [5.74, 6) is 1.22. The number of methoxy groups -OCH3 is 1. The van der Waals surface area contributed by atoms with E-state index in [1.165, 1.54) is 0 Å². The highest BCUT2D eigenvalue weighted by atomic mass is 16.5. The Bertz CT molecular complexity index is 512. The highest BCUT2D eigenvalue weighted by Gasteiger charge is 2.26. The van der Waals surface area contributed by atoms with Gasteiger partial charge in [-0.25, -0.2) is 0 Å². The van der Waals surface area contributed by atoms with Gasteiger partial charge < -0.3 is 9.26 Å². The predicted octanol–water partition coefficient (Wildman–Crippen LogP) is 2.03. The van der Waals surface area contributed by atoms with E-state index in [0.29, 0.717) is 24.9 Å². The van der Waals surface area contributed by atoms with Crippen molar-refractivity contribution in [1.82, 2.24) is 15.5 Å². The summed E-state index contributed by atoms with van der Waals surface area (Å²) >= 11 is 0. The molecule has 0 aliphatic carbocycles. The Balaban J connectivity index is 2.11. The van der Waals surface area contributed by atoms with Gasteiger partial charge in [0.1, 0.15) is 0 Å². The second-order valence-electron chi connectivity index (χ2n) is 4.71. The number of aromatic nitrogens is 2. The Morgan fingerprint density at radius 1 is 1.32 bits per heavy atom. The Hall–Kier alpha value is -1.72. The molecule has 0 saturated carbocycles. The number of nitrogens with zero attached hydrogens (tertiary/aromatic N) is 2. The molecule has 102 valence electrons. The van der Waals surface area contributed by atoms with Crippen LogP contribution >= 0.6 is 0 Å². The van der Waals surface area contributed by atoms with Crippen molar-refractivity contribution in [3.8, 4) is 0 Å². The molecule has 1 aromatic heterocycles. The first-order chi connectivity index (χ1) is 9.14. The molecule has 0 aliphatic rings. The standard InChI is InChI=1S/C14H19N3O2/c1-11-16-13(17-19-11)9-15-14(2,10-18-3)12-7-5-4-6-8-12/h4-8,15H,9-10H2,1-3H3. The van der Waals surface area contributed by atoms with Crippen LogP contribution in [-0.2, 0) is 16.8 Å². The lowest BCUT2D eigenvalue weighted by Gasteiger charge is -2.30. The molecule has 1 N–H and O–H groups in total. The zero-order valence-corrected chi connectivity index (χ0v) is 11.5. The molecule has 1 aromatic carbocycles. The lowest BCUT2D eigenvalue weighted by atomic mass is 9.93. The minimum absolute atomic E-state index is 0.287. The Morgan fingerprint density at radius 3 is 2.63 bits per heavy atom. The van der Waals surface area contributed by atoms with Gasteiger partial charge in [-0.05, 0) is 12.5 Å². The smallest absolute Gasteiger partial charge is 0.223 e. The van der Waals surface area contributed by atoms with Crippen molar-refractivity contribution >= 4 is 0 Å². The number of rotatable bonds is 6. The number of aryl methyl sites for hydroxylation is 1. The van der Waals surface area contributed by atoms with Gasteiger partial charge in [-0.1, -0.05) is 35.5 Å². The summed E-state index contributed by atoms with van der Waals surface area (Å²) in [4.78, 5) is 4.19. The van der Waals surface area contributed by atoms with Crippen molar-refractivity contribution in [1.29, 1.82) is 0 Å². The number of hydrogen-bond donors (Lipinski definition) is 1. The van der Waals surface area contributed by atoms with Gasteiger partial charge >= 0.3 is 0 Å². The van der Waals surface area contributed by atoms with Gasteiger partial charge in [0.25, 0.3) is 0 Å². The normalized spacial score (nSPS) is 14.3. The van der Waals surface area contributed by atoms with Crippen LogP contribution in [0.1, 0.15) is 24.2 Å². The Labute approximate surface area is 113 Å². The largest absolute Gasteiger partial charge is 0.382 e. The highest BCUT2D eigenvalue weighted by molar-refractivity contribution is 5.23. The summed E-state index contributed by atoms with van der Waals surface area (Å²) in [7, 11) is 1.70. The summed E-state index contributed by atoms with van der Waals surface area (Å²) in [5.41, 5.74) is 0.877. The van der Waals surface area contributed by atoms with Crippen molar-refractivity contribution in [3.63, 3.8) is 0 Å². The van der Waals surface area contributed by atoms with Gasteiger partial charge in [0.05, 0.1) is 18.7 Å². The molecule has 0 radical (unpaired) electrons. The first kappa shape index (κ1) is 13.7. The topological polar surface area (TPSA) is 60.2 Å². The maximum absolute atomic E-state index is 5.33. The molecule has 2 rings (SSSR count). The molecule has 1 heterocycles. The van der Waals surface area contributed by atoms with E-state index in [1.807, 2.05) is 18.2 Å². The van der Waals surface area contributed by atoms with Crippen LogP contribution < -0.4 is 5.32 Å². The molecule has 5 heteroatoms. The first-order valence-electron chi connectivity index (χ1n) is 6.23.